The first-order chi connectivity index (χ1) is 8.11. The van der Waals surface area contributed by atoms with Gasteiger partial charge in [0.25, 0.3) is 5.91 Å². The van der Waals surface area contributed by atoms with Crippen LogP contribution in [-0.2, 0) is 4.79 Å². The van der Waals surface area contributed by atoms with Crippen LogP contribution in [-0.4, -0.2) is 35.6 Å². The second-order valence-electron chi connectivity index (χ2n) is 4.02. The molecule has 0 heterocycles. The number of rotatable bonds is 5. The molecule has 0 aromatic heterocycles. The summed E-state index contributed by atoms with van der Waals surface area (Å²) in [5.41, 5.74) is 3.01. The van der Waals surface area contributed by atoms with Crippen molar-refractivity contribution >= 4 is 5.91 Å². The summed E-state index contributed by atoms with van der Waals surface area (Å²) in [6.45, 7) is 1.83. The third kappa shape index (κ3) is 3.26. The van der Waals surface area contributed by atoms with E-state index in [-0.39, 0.29) is 18.6 Å². The maximum atomic E-state index is 11.8. The molecular formula is C12H19N3O2. The number of hydrazine groups is 1. The zero-order valence-electron chi connectivity index (χ0n) is 10.1. The first kappa shape index (κ1) is 13.6. The molecule has 5 nitrogen and oxygen atoms in total. The fourth-order valence-corrected chi connectivity index (χ4v) is 1.67. The van der Waals surface area contributed by atoms with Crippen LogP contribution in [0.4, 0.5) is 0 Å². The molecule has 0 radical (unpaired) electrons. The van der Waals surface area contributed by atoms with Gasteiger partial charge >= 0.3 is 0 Å². The molecule has 1 amide bonds. The van der Waals surface area contributed by atoms with Gasteiger partial charge in [-0.3, -0.25) is 15.1 Å². The molecule has 1 aromatic rings. The molecule has 0 saturated carbocycles. The summed E-state index contributed by atoms with van der Waals surface area (Å²) in [5.74, 6) is 4.91. The van der Waals surface area contributed by atoms with Crippen molar-refractivity contribution < 1.29 is 9.90 Å². The predicted molar refractivity (Wildman–Crippen MR) is 65.8 cm³/mol. The minimum absolute atomic E-state index is 0.0162. The van der Waals surface area contributed by atoms with E-state index in [0.717, 1.165) is 5.56 Å². The number of likely N-dealkylation sites (N-methyl/N-ethyl adjacent to an activating group) is 1. The summed E-state index contributed by atoms with van der Waals surface area (Å²) in [6.07, 6.45) is 0. The SMILES string of the molecule is CC(CO)N(C)C(C(=O)NN)c1ccccc1. The number of nitrogens with two attached hydrogens (primary N) is 1. The summed E-state index contributed by atoms with van der Waals surface area (Å²) >= 11 is 0. The van der Waals surface area contributed by atoms with E-state index in [9.17, 15) is 4.79 Å². The lowest BCUT2D eigenvalue weighted by Crippen LogP contribution is -2.45. The second-order valence-corrected chi connectivity index (χ2v) is 4.02. The van der Waals surface area contributed by atoms with Crippen molar-refractivity contribution in [2.24, 2.45) is 5.84 Å². The van der Waals surface area contributed by atoms with Crippen LogP contribution in [0.25, 0.3) is 0 Å². The van der Waals surface area contributed by atoms with Crippen LogP contribution in [0.5, 0.6) is 0 Å². The van der Waals surface area contributed by atoms with Gasteiger partial charge in [-0.25, -0.2) is 5.84 Å². The summed E-state index contributed by atoms with van der Waals surface area (Å²) in [7, 11) is 1.79. The van der Waals surface area contributed by atoms with E-state index in [4.69, 9.17) is 10.9 Å². The molecule has 17 heavy (non-hydrogen) atoms. The van der Waals surface area contributed by atoms with Gasteiger partial charge in [0.2, 0.25) is 0 Å². The van der Waals surface area contributed by atoms with Gasteiger partial charge in [-0.05, 0) is 19.5 Å². The summed E-state index contributed by atoms with van der Waals surface area (Å²) < 4.78 is 0. The van der Waals surface area contributed by atoms with Crippen LogP contribution in [0, 0.1) is 0 Å². The summed E-state index contributed by atoms with van der Waals surface area (Å²) in [5, 5.41) is 9.15. The molecule has 0 bridgehead atoms. The van der Waals surface area contributed by atoms with Crippen LogP contribution in [0.1, 0.15) is 18.5 Å². The normalized spacial score (nSPS) is 14.4. The number of hydrogen-bond acceptors (Lipinski definition) is 4. The van der Waals surface area contributed by atoms with Crippen LogP contribution < -0.4 is 11.3 Å². The van der Waals surface area contributed by atoms with Gasteiger partial charge in [0.05, 0.1) is 6.61 Å². The topological polar surface area (TPSA) is 78.6 Å². The van der Waals surface area contributed by atoms with Crippen LogP contribution in [0.2, 0.25) is 0 Å². The number of amides is 1. The van der Waals surface area contributed by atoms with E-state index in [1.165, 1.54) is 0 Å². The Kier molecular flexibility index (Phi) is 5.09. The Bertz CT molecular complexity index is 356. The van der Waals surface area contributed by atoms with Gasteiger partial charge in [-0.15, -0.1) is 0 Å². The molecule has 1 aromatic carbocycles. The van der Waals surface area contributed by atoms with Gasteiger partial charge in [0.15, 0.2) is 0 Å². The lowest BCUT2D eigenvalue weighted by atomic mass is 10.0. The third-order valence-corrected chi connectivity index (χ3v) is 2.87. The third-order valence-electron chi connectivity index (χ3n) is 2.87. The number of carbonyl (C=O) groups excluding carboxylic acids is 1. The van der Waals surface area contributed by atoms with Crippen molar-refractivity contribution in [1.82, 2.24) is 10.3 Å². The molecule has 1 rings (SSSR count). The molecular weight excluding hydrogens is 218 g/mol. The monoisotopic (exact) mass is 237 g/mol. The fraction of sp³-hybridized carbons (Fsp3) is 0.417. The molecule has 0 fully saturated rings. The number of aliphatic hydroxyl groups is 1. The minimum atomic E-state index is -0.497. The van der Waals surface area contributed by atoms with Crippen molar-refractivity contribution in [2.45, 2.75) is 19.0 Å². The maximum absolute atomic E-state index is 11.8. The van der Waals surface area contributed by atoms with Crippen molar-refractivity contribution in [3.8, 4) is 0 Å². The van der Waals surface area contributed by atoms with Gasteiger partial charge in [-0.2, -0.15) is 0 Å². The van der Waals surface area contributed by atoms with E-state index in [1.54, 1.807) is 11.9 Å². The zero-order chi connectivity index (χ0) is 12.8. The Hall–Kier alpha value is -1.43. The highest BCUT2D eigenvalue weighted by Crippen LogP contribution is 2.21. The lowest BCUT2D eigenvalue weighted by molar-refractivity contribution is -0.127. The zero-order valence-corrected chi connectivity index (χ0v) is 10.1. The summed E-state index contributed by atoms with van der Waals surface area (Å²) in [4.78, 5) is 13.6. The first-order valence-corrected chi connectivity index (χ1v) is 5.50. The predicted octanol–water partition coefficient (Wildman–Crippen LogP) is 0.0302. The van der Waals surface area contributed by atoms with E-state index in [2.05, 4.69) is 5.43 Å². The van der Waals surface area contributed by atoms with Crippen molar-refractivity contribution in [3.63, 3.8) is 0 Å². The average Bonchev–Trinajstić information content (AvgIpc) is 2.38. The Morgan fingerprint density at radius 3 is 2.53 bits per heavy atom. The van der Waals surface area contributed by atoms with Crippen molar-refractivity contribution in [2.75, 3.05) is 13.7 Å². The van der Waals surface area contributed by atoms with Crippen LogP contribution in [0.15, 0.2) is 30.3 Å². The van der Waals surface area contributed by atoms with Crippen molar-refractivity contribution in [3.05, 3.63) is 35.9 Å². The molecule has 5 heteroatoms. The smallest absolute Gasteiger partial charge is 0.255 e. The van der Waals surface area contributed by atoms with Gasteiger partial charge in [0.1, 0.15) is 6.04 Å². The van der Waals surface area contributed by atoms with Crippen molar-refractivity contribution in [1.29, 1.82) is 0 Å². The number of aliphatic hydroxyl groups excluding tert-OH is 1. The Labute approximate surface area is 101 Å². The number of nitrogens with one attached hydrogen (secondary N) is 1. The van der Waals surface area contributed by atoms with Crippen LogP contribution in [0.3, 0.4) is 0 Å². The molecule has 0 aliphatic carbocycles. The van der Waals surface area contributed by atoms with Gasteiger partial charge in [0, 0.05) is 6.04 Å². The lowest BCUT2D eigenvalue weighted by Gasteiger charge is -2.31. The van der Waals surface area contributed by atoms with E-state index in [1.807, 2.05) is 37.3 Å². The molecule has 0 aliphatic heterocycles. The van der Waals surface area contributed by atoms with E-state index >= 15 is 0 Å². The van der Waals surface area contributed by atoms with Gasteiger partial charge in [-0.1, -0.05) is 30.3 Å². The molecule has 4 N–H and O–H groups in total. The number of benzene rings is 1. The number of carbonyl (C=O) groups is 1. The molecule has 94 valence electrons. The Morgan fingerprint density at radius 2 is 2.06 bits per heavy atom. The highest BCUT2D eigenvalue weighted by Gasteiger charge is 2.27. The van der Waals surface area contributed by atoms with E-state index < -0.39 is 6.04 Å². The maximum Gasteiger partial charge on any atom is 0.255 e. The van der Waals surface area contributed by atoms with Gasteiger partial charge < -0.3 is 5.11 Å². The molecule has 0 spiro atoms. The number of hydrogen-bond donors (Lipinski definition) is 3. The first-order valence-electron chi connectivity index (χ1n) is 5.50. The standard InChI is InChI=1S/C12H19N3O2/c1-9(8-16)15(2)11(12(17)14-13)10-6-4-3-5-7-10/h3-7,9,11,16H,8,13H2,1-2H3,(H,14,17). The fourth-order valence-electron chi connectivity index (χ4n) is 1.67. The Morgan fingerprint density at radius 1 is 1.47 bits per heavy atom. The minimum Gasteiger partial charge on any atom is -0.395 e. The molecule has 2 unspecified atom stereocenters. The molecule has 0 saturated heterocycles. The summed E-state index contributed by atoms with van der Waals surface area (Å²) in [6, 6.07) is 8.71. The Balaban J connectivity index is 3.00. The average molecular weight is 237 g/mol. The molecule has 2 atom stereocenters. The second kappa shape index (κ2) is 6.34. The number of nitrogens with zero attached hydrogens (tertiary/aromatic N) is 1. The largest absolute Gasteiger partial charge is 0.395 e. The van der Waals surface area contributed by atoms with E-state index in [0.29, 0.717) is 0 Å². The van der Waals surface area contributed by atoms with Crippen LogP contribution >= 0.6 is 0 Å². The quantitative estimate of drug-likeness (QED) is 0.383. The highest BCUT2D eigenvalue weighted by molar-refractivity contribution is 5.82. The highest BCUT2D eigenvalue weighted by atomic mass is 16.3. The molecule has 0 aliphatic rings.